The molecule has 0 amide bonds. The normalized spacial score (nSPS) is 32.0. The molecule has 1 saturated heterocycles. The molecule has 0 bridgehead atoms. The maximum Gasteiger partial charge on any atom is 0.334 e. The molecule has 1 fully saturated rings. The van der Waals surface area contributed by atoms with E-state index in [-0.39, 0.29) is 12.0 Å². The molecule has 0 saturated carbocycles. The van der Waals surface area contributed by atoms with E-state index in [1.54, 1.807) is 0 Å². The maximum atomic E-state index is 11.9. The van der Waals surface area contributed by atoms with Gasteiger partial charge in [0, 0.05) is 18.9 Å². The summed E-state index contributed by atoms with van der Waals surface area (Å²) in [6, 6.07) is 0. The summed E-state index contributed by atoms with van der Waals surface area (Å²) in [6.45, 7) is 10.9. The second-order valence-corrected chi connectivity index (χ2v) is 6.08. The highest BCUT2D eigenvalue weighted by atomic mass is 17.1. The summed E-state index contributed by atoms with van der Waals surface area (Å²) >= 11 is 0. The molecule has 126 valence electrons. The van der Waals surface area contributed by atoms with Crippen LogP contribution >= 0.6 is 0 Å². The molecule has 0 aromatic heterocycles. The van der Waals surface area contributed by atoms with E-state index in [0.717, 1.165) is 5.57 Å². The van der Waals surface area contributed by atoms with Crippen LogP contribution in [0.4, 0.5) is 0 Å². The Morgan fingerprint density at radius 1 is 1.43 bits per heavy atom. The number of fused-ring (bicyclic) bond motifs is 1. The van der Waals surface area contributed by atoms with E-state index in [0.29, 0.717) is 18.4 Å². The van der Waals surface area contributed by atoms with Crippen LogP contribution in [0.25, 0.3) is 0 Å². The molecule has 4 unspecified atom stereocenters. The molecular formula is C17H22O6. The summed E-state index contributed by atoms with van der Waals surface area (Å²) < 4.78 is 10.8. The number of allylic oxidation sites excluding steroid dienone is 1. The SMILES string of the molecule is C=C1CC(OC(C)=O)C2C(=C)C(=O)OC2C=C(C)CCC1OO. The molecule has 0 spiro atoms. The molecule has 1 aliphatic carbocycles. The van der Waals surface area contributed by atoms with Crippen molar-refractivity contribution in [3.8, 4) is 0 Å². The fourth-order valence-corrected chi connectivity index (χ4v) is 3.08. The molecular weight excluding hydrogens is 300 g/mol. The summed E-state index contributed by atoms with van der Waals surface area (Å²) in [7, 11) is 0. The third kappa shape index (κ3) is 3.89. The van der Waals surface area contributed by atoms with E-state index in [4.69, 9.17) is 14.7 Å². The summed E-state index contributed by atoms with van der Waals surface area (Å²) in [5, 5.41) is 9.09. The van der Waals surface area contributed by atoms with Crippen LogP contribution in [0.3, 0.4) is 0 Å². The van der Waals surface area contributed by atoms with Gasteiger partial charge in [0.25, 0.3) is 0 Å². The van der Waals surface area contributed by atoms with Crippen LogP contribution in [0, 0.1) is 5.92 Å². The first-order valence-corrected chi connectivity index (χ1v) is 7.55. The molecule has 0 aromatic rings. The number of esters is 2. The third-order valence-electron chi connectivity index (χ3n) is 4.28. The number of hydrogen-bond acceptors (Lipinski definition) is 6. The Balaban J connectivity index is 2.40. The van der Waals surface area contributed by atoms with Gasteiger partial charge < -0.3 is 9.47 Å². The van der Waals surface area contributed by atoms with Gasteiger partial charge in [0.2, 0.25) is 0 Å². The van der Waals surface area contributed by atoms with Crippen molar-refractivity contribution in [3.05, 3.63) is 36.0 Å². The highest BCUT2D eigenvalue weighted by molar-refractivity contribution is 5.91. The van der Waals surface area contributed by atoms with Crippen molar-refractivity contribution in [2.45, 2.75) is 51.4 Å². The van der Waals surface area contributed by atoms with Gasteiger partial charge in [-0.1, -0.05) is 18.7 Å². The topological polar surface area (TPSA) is 82.1 Å². The maximum absolute atomic E-state index is 11.9. The van der Waals surface area contributed by atoms with Crippen molar-refractivity contribution in [1.82, 2.24) is 0 Å². The lowest BCUT2D eigenvalue weighted by molar-refractivity contribution is -0.270. The molecule has 0 aromatic carbocycles. The van der Waals surface area contributed by atoms with Crippen molar-refractivity contribution in [3.63, 3.8) is 0 Å². The standard InChI is InChI=1S/C17H22O6/c1-9-5-6-13(23-20)10(2)8-15(21-12(4)18)16-11(3)17(19)22-14(16)7-9/h7,13-16,20H,2-3,5-6,8H2,1,4H3. The first-order chi connectivity index (χ1) is 10.8. The van der Waals surface area contributed by atoms with Gasteiger partial charge in [0.15, 0.2) is 0 Å². The molecule has 1 N–H and O–H groups in total. The molecule has 4 atom stereocenters. The van der Waals surface area contributed by atoms with E-state index < -0.39 is 36.2 Å². The number of hydrogen-bond donors (Lipinski definition) is 1. The van der Waals surface area contributed by atoms with Crippen LogP contribution in [0.15, 0.2) is 36.0 Å². The highest BCUT2D eigenvalue weighted by Gasteiger charge is 2.44. The predicted octanol–water partition coefficient (Wildman–Crippen LogP) is 2.56. The second-order valence-electron chi connectivity index (χ2n) is 6.08. The van der Waals surface area contributed by atoms with Gasteiger partial charge in [-0.15, -0.1) is 0 Å². The average Bonchev–Trinajstić information content (AvgIpc) is 2.72. The van der Waals surface area contributed by atoms with Gasteiger partial charge in [-0.05, 0) is 31.4 Å². The molecule has 2 aliphatic rings. The Bertz CT molecular complexity index is 561. The lowest BCUT2D eigenvalue weighted by Gasteiger charge is -2.29. The van der Waals surface area contributed by atoms with Crippen molar-refractivity contribution in [2.75, 3.05) is 0 Å². The Labute approximate surface area is 135 Å². The Morgan fingerprint density at radius 3 is 2.74 bits per heavy atom. The van der Waals surface area contributed by atoms with Gasteiger partial charge in [0.05, 0.1) is 5.92 Å². The predicted molar refractivity (Wildman–Crippen MR) is 82.3 cm³/mol. The van der Waals surface area contributed by atoms with Crippen LogP contribution < -0.4 is 0 Å². The van der Waals surface area contributed by atoms with E-state index in [2.05, 4.69) is 18.0 Å². The first kappa shape index (κ1) is 17.4. The molecule has 6 nitrogen and oxygen atoms in total. The number of carbonyl (C=O) groups is 2. The molecule has 23 heavy (non-hydrogen) atoms. The van der Waals surface area contributed by atoms with Crippen LogP contribution in [0.1, 0.15) is 33.1 Å². The van der Waals surface area contributed by atoms with Crippen molar-refractivity contribution >= 4 is 11.9 Å². The minimum atomic E-state index is -0.649. The smallest absolute Gasteiger partial charge is 0.334 e. The minimum absolute atomic E-state index is 0.258. The summed E-state index contributed by atoms with van der Waals surface area (Å²) in [4.78, 5) is 27.9. The van der Waals surface area contributed by atoms with Gasteiger partial charge in [-0.25, -0.2) is 9.68 Å². The first-order valence-electron chi connectivity index (χ1n) is 7.55. The fraction of sp³-hybridized carbons (Fsp3) is 0.529. The number of carbonyl (C=O) groups excluding carboxylic acids is 2. The molecule has 2 rings (SSSR count). The summed E-state index contributed by atoms with van der Waals surface area (Å²) in [6.07, 6.45) is 1.59. The Kier molecular flexibility index (Phi) is 5.38. The van der Waals surface area contributed by atoms with Gasteiger partial charge in [0.1, 0.15) is 18.3 Å². The van der Waals surface area contributed by atoms with E-state index in [9.17, 15) is 9.59 Å². The van der Waals surface area contributed by atoms with Gasteiger partial charge >= 0.3 is 11.9 Å². The molecule has 1 heterocycles. The van der Waals surface area contributed by atoms with E-state index in [1.165, 1.54) is 6.92 Å². The molecule has 1 aliphatic heterocycles. The Hall–Kier alpha value is -1.92. The van der Waals surface area contributed by atoms with Gasteiger partial charge in [-0.3, -0.25) is 10.1 Å². The van der Waals surface area contributed by atoms with Crippen LogP contribution in [0.5, 0.6) is 0 Å². The molecule has 6 heteroatoms. The van der Waals surface area contributed by atoms with Crippen molar-refractivity contribution in [2.24, 2.45) is 5.92 Å². The van der Waals surface area contributed by atoms with Crippen LogP contribution in [0.2, 0.25) is 0 Å². The zero-order valence-corrected chi connectivity index (χ0v) is 13.4. The van der Waals surface area contributed by atoms with E-state index in [1.807, 2.05) is 13.0 Å². The van der Waals surface area contributed by atoms with Gasteiger partial charge in [-0.2, -0.15) is 0 Å². The lowest BCUT2D eigenvalue weighted by atomic mass is 9.84. The lowest BCUT2D eigenvalue weighted by Crippen LogP contribution is -2.34. The van der Waals surface area contributed by atoms with Crippen molar-refractivity contribution in [1.29, 1.82) is 0 Å². The molecule has 0 radical (unpaired) electrons. The zero-order valence-electron chi connectivity index (χ0n) is 13.4. The highest BCUT2D eigenvalue weighted by Crippen LogP contribution is 2.37. The Morgan fingerprint density at radius 2 is 2.13 bits per heavy atom. The summed E-state index contributed by atoms with van der Waals surface area (Å²) in [5.41, 5.74) is 1.86. The largest absolute Gasteiger partial charge is 0.461 e. The minimum Gasteiger partial charge on any atom is -0.461 e. The number of rotatable bonds is 2. The van der Waals surface area contributed by atoms with Crippen LogP contribution in [-0.2, 0) is 24.0 Å². The monoisotopic (exact) mass is 322 g/mol. The fourth-order valence-electron chi connectivity index (χ4n) is 3.08. The third-order valence-corrected chi connectivity index (χ3v) is 4.28. The number of ether oxygens (including phenoxy) is 2. The van der Waals surface area contributed by atoms with Crippen LogP contribution in [-0.4, -0.2) is 35.5 Å². The quantitative estimate of drug-likeness (QED) is 0.277. The summed E-state index contributed by atoms with van der Waals surface area (Å²) in [5.74, 6) is -1.43. The second kappa shape index (κ2) is 7.10. The zero-order chi connectivity index (χ0) is 17.1. The average molecular weight is 322 g/mol. The van der Waals surface area contributed by atoms with E-state index >= 15 is 0 Å². The van der Waals surface area contributed by atoms with Crippen molar-refractivity contribution < 1.29 is 29.2 Å².